The molecule has 0 aliphatic carbocycles. The fourth-order valence-electron chi connectivity index (χ4n) is 4.57. The molecule has 0 spiro atoms. The van der Waals surface area contributed by atoms with Crippen molar-refractivity contribution in [3.8, 4) is 0 Å². The van der Waals surface area contributed by atoms with Gasteiger partial charge in [-0.25, -0.2) is 9.96 Å². The largest absolute Gasteiger partial charge is 0.378 e. The second kappa shape index (κ2) is 7.80. The highest BCUT2D eigenvalue weighted by molar-refractivity contribution is 6.24. The Morgan fingerprint density at radius 1 is 0.812 bits per heavy atom. The maximum atomic E-state index is 13.7. The van der Waals surface area contributed by atoms with Crippen LogP contribution >= 0.6 is 0 Å². The van der Waals surface area contributed by atoms with E-state index in [1.807, 2.05) is 105 Å². The number of hydrogen-bond donors (Lipinski definition) is 0. The van der Waals surface area contributed by atoms with Gasteiger partial charge in [0.05, 0.1) is 17.4 Å². The molecule has 0 aromatic heterocycles. The molecule has 2 aliphatic heterocycles. The van der Waals surface area contributed by atoms with Gasteiger partial charge in [-0.15, -0.1) is 0 Å². The zero-order valence-corrected chi connectivity index (χ0v) is 18.3. The van der Waals surface area contributed by atoms with Crippen LogP contribution in [-0.4, -0.2) is 32.0 Å². The smallest absolute Gasteiger partial charge is 0.266 e. The van der Waals surface area contributed by atoms with Gasteiger partial charge in [0.25, 0.3) is 5.91 Å². The third-order valence-electron chi connectivity index (χ3n) is 6.23. The number of amides is 2. The van der Waals surface area contributed by atoms with Crippen molar-refractivity contribution in [1.82, 2.24) is 0 Å². The van der Waals surface area contributed by atoms with E-state index in [1.165, 1.54) is 4.90 Å². The summed E-state index contributed by atoms with van der Waals surface area (Å²) in [5.41, 5.74) is 4.30. The molecule has 0 N–H and O–H groups in total. The minimum absolute atomic E-state index is 0.227. The minimum atomic E-state index is -0.860. The molecule has 0 unspecified atom stereocenters. The van der Waals surface area contributed by atoms with Crippen molar-refractivity contribution < 1.29 is 14.4 Å². The summed E-state index contributed by atoms with van der Waals surface area (Å²) < 4.78 is 0. The Morgan fingerprint density at radius 3 is 2.12 bits per heavy atom. The lowest BCUT2D eigenvalue weighted by atomic mass is 9.90. The zero-order valence-electron chi connectivity index (χ0n) is 18.3. The van der Waals surface area contributed by atoms with Crippen LogP contribution in [-0.2, 0) is 14.4 Å². The van der Waals surface area contributed by atoms with Gasteiger partial charge in [0, 0.05) is 19.8 Å². The normalized spacial score (nSPS) is 22.4. The van der Waals surface area contributed by atoms with Crippen molar-refractivity contribution in [2.45, 2.75) is 19.1 Å². The average Bonchev–Trinajstić information content (AvgIpc) is 3.31. The molecule has 2 amide bonds. The summed E-state index contributed by atoms with van der Waals surface area (Å²) >= 11 is 0. The molecule has 0 bridgehead atoms. The first-order valence-electron chi connectivity index (χ1n) is 10.7. The van der Waals surface area contributed by atoms with Crippen molar-refractivity contribution in [3.05, 3.63) is 90.0 Å². The first-order valence-corrected chi connectivity index (χ1v) is 10.7. The lowest BCUT2D eigenvalue weighted by Crippen LogP contribution is -2.37. The van der Waals surface area contributed by atoms with Gasteiger partial charge in [0.1, 0.15) is 5.92 Å². The standard InChI is InChI=1S/C26H25N3O3/c1-17-9-7-8-12-21(17)28-25(30)22-23(18-13-15-19(16-14-18)27(2)3)29(32-24(22)26(28)31)20-10-5-4-6-11-20/h4-16,22-24H,1-3H3/t22-,23-,24+/m1/s1. The van der Waals surface area contributed by atoms with Gasteiger partial charge >= 0.3 is 0 Å². The van der Waals surface area contributed by atoms with E-state index in [9.17, 15) is 9.59 Å². The van der Waals surface area contributed by atoms with Gasteiger partial charge in [0.2, 0.25) is 5.91 Å². The molecular formula is C26H25N3O3. The molecule has 2 heterocycles. The van der Waals surface area contributed by atoms with Crippen molar-refractivity contribution >= 4 is 28.9 Å². The Balaban J connectivity index is 1.58. The summed E-state index contributed by atoms with van der Waals surface area (Å²) in [7, 11) is 3.97. The van der Waals surface area contributed by atoms with Crippen LogP contribution in [0.4, 0.5) is 17.1 Å². The molecule has 3 aromatic carbocycles. The molecule has 0 radical (unpaired) electrons. The molecule has 2 aliphatic rings. The molecule has 5 rings (SSSR count). The number of rotatable bonds is 4. The van der Waals surface area contributed by atoms with Crippen molar-refractivity contribution in [1.29, 1.82) is 0 Å². The van der Waals surface area contributed by atoms with Gasteiger partial charge in [-0.1, -0.05) is 48.5 Å². The van der Waals surface area contributed by atoms with E-state index in [2.05, 4.69) is 0 Å². The van der Waals surface area contributed by atoms with Gasteiger partial charge < -0.3 is 4.90 Å². The monoisotopic (exact) mass is 427 g/mol. The quantitative estimate of drug-likeness (QED) is 0.587. The predicted molar refractivity (Wildman–Crippen MR) is 124 cm³/mol. The highest BCUT2D eigenvalue weighted by Crippen LogP contribution is 2.48. The van der Waals surface area contributed by atoms with E-state index in [1.54, 1.807) is 5.06 Å². The zero-order chi connectivity index (χ0) is 22.4. The van der Waals surface area contributed by atoms with Gasteiger partial charge in [-0.3, -0.25) is 14.4 Å². The number of anilines is 3. The Kier molecular flexibility index (Phi) is 4.94. The molecule has 32 heavy (non-hydrogen) atoms. The fourth-order valence-corrected chi connectivity index (χ4v) is 4.57. The van der Waals surface area contributed by atoms with Crippen molar-refractivity contribution in [2.24, 2.45) is 5.92 Å². The summed E-state index contributed by atoms with van der Waals surface area (Å²) in [6.45, 7) is 1.90. The minimum Gasteiger partial charge on any atom is -0.378 e. The summed E-state index contributed by atoms with van der Waals surface area (Å²) in [6.07, 6.45) is -0.860. The van der Waals surface area contributed by atoms with E-state index < -0.39 is 18.1 Å². The molecule has 2 fully saturated rings. The molecule has 6 nitrogen and oxygen atoms in total. The average molecular weight is 428 g/mol. The third kappa shape index (κ3) is 3.15. The van der Waals surface area contributed by atoms with E-state index in [-0.39, 0.29) is 11.8 Å². The maximum absolute atomic E-state index is 13.7. The number of hydrogen-bond acceptors (Lipinski definition) is 5. The van der Waals surface area contributed by atoms with Crippen molar-refractivity contribution in [3.63, 3.8) is 0 Å². The highest BCUT2D eigenvalue weighted by atomic mass is 16.7. The van der Waals surface area contributed by atoms with Crippen LogP contribution in [0, 0.1) is 12.8 Å². The van der Waals surface area contributed by atoms with E-state index in [0.29, 0.717) is 5.69 Å². The highest BCUT2D eigenvalue weighted by Gasteiger charge is 2.60. The maximum Gasteiger partial charge on any atom is 0.266 e. The first kappa shape index (κ1) is 20.3. The Bertz CT molecular complexity index is 1160. The van der Waals surface area contributed by atoms with Crippen LogP contribution in [0.3, 0.4) is 0 Å². The van der Waals surface area contributed by atoms with E-state index >= 15 is 0 Å². The summed E-state index contributed by atoms with van der Waals surface area (Å²) in [4.78, 5) is 36.6. The number of fused-ring (bicyclic) bond motifs is 1. The molecule has 3 atom stereocenters. The second-order valence-electron chi connectivity index (χ2n) is 8.44. The van der Waals surface area contributed by atoms with Crippen molar-refractivity contribution in [2.75, 3.05) is 29.0 Å². The van der Waals surface area contributed by atoms with Gasteiger partial charge in [0.15, 0.2) is 6.10 Å². The first-order chi connectivity index (χ1) is 15.5. The Hall–Kier alpha value is -3.64. The Labute approximate surface area is 187 Å². The number of nitrogens with zero attached hydrogens (tertiary/aromatic N) is 3. The van der Waals surface area contributed by atoms with Crippen LogP contribution in [0.25, 0.3) is 0 Å². The predicted octanol–water partition coefficient (Wildman–Crippen LogP) is 4.11. The van der Waals surface area contributed by atoms with Crippen LogP contribution < -0.4 is 14.9 Å². The number of benzene rings is 3. The molecule has 3 aromatic rings. The second-order valence-corrected chi connectivity index (χ2v) is 8.44. The van der Waals surface area contributed by atoms with Gasteiger partial charge in [-0.2, -0.15) is 0 Å². The van der Waals surface area contributed by atoms with Gasteiger partial charge in [-0.05, 0) is 48.4 Å². The van der Waals surface area contributed by atoms with E-state index in [4.69, 9.17) is 4.84 Å². The van der Waals surface area contributed by atoms with Crippen LogP contribution in [0.2, 0.25) is 0 Å². The molecular weight excluding hydrogens is 402 g/mol. The fraction of sp³-hybridized carbons (Fsp3) is 0.231. The molecule has 162 valence electrons. The number of carbonyl (C=O) groups is 2. The number of aryl methyl sites for hydroxylation is 1. The lowest BCUT2D eigenvalue weighted by Gasteiger charge is -2.29. The summed E-state index contributed by atoms with van der Waals surface area (Å²) in [5.74, 6) is -1.18. The third-order valence-corrected chi connectivity index (χ3v) is 6.23. The van der Waals surface area contributed by atoms with E-state index in [0.717, 1.165) is 22.5 Å². The Morgan fingerprint density at radius 2 is 1.47 bits per heavy atom. The number of imide groups is 1. The number of carbonyl (C=O) groups excluding carboxylic acids is 2. The van der Waals surface area contributed by atoms with Crippen LogP contribution in [0.1, 0.15) is 17.2 Å². The number of para-hydroxylation sites is 2. The van der Waals surface area contributed by atoms with Crippen LogP contribution in [0.5, 0.6) is 0 Å². The summed E-state index contributed by atoms with van der Waals surface area (Å²) in [5, 5.41) is 1.73. The lowest BCUT2D eigenvalue weighted by molar-refractivity contribution is -0.126. The topological polar surface area (TPSA) is 53.1 Å². The molecule has 6 heteroatoms. The molecule has 0 saturated carbocycles. The molecule has 2 saturated heterocycles. The number of hydroxylamine groups is 1. The SMILES string of the molecule is Cc1ccccc1N1C(=O)[C@H]2[C@H](ON(c3ccccc3)[C@@H]2c2ccc(N(C)C)cc2)C1=O. The van der Waals surface area contributed by atoms with Crippen LogP contribution in [0.15, 0.2) is 78.9 Å². The summed E-state index contributed by atoms with van der Waals surface area (Å²) in [6, 6.07) is 24.7.